The summed E-state index contributed by atoms with van der Waals surface area (Å²) < 4.78 is 52.1. The van der Waals surface area contributed by atoms with Gasteiger partial charge in [0.1, 0.15) is 23.7 Å². The molecule has 11 heteroatoms. The van der Waals surface area contributed by atoms with Crippen molar-refractivity contribution in [1.29, 1.82) is 0 Å². The fraction of sp³-hybridized carbons (Fsp3) is 0.357. The highest BCUT2D eigenvalue weighted by molar-refractivity contribution is 5.91. The second-order valence-electron chi connectivity index (χ2n) is 9.59. The smallest absolute Gasteiger partial charge is 0.416 e. The van der Waals surface area contributed by atoms with Gasteiger partial charge in [-0.25, -0.2) is 19.7 Å². The summed E-state index contributed by atoms with van der Waals surface area (Å²) in [5.74, 6) is 1.14. The zero-order valence-electron chi connectivity index (χ0n) is 21.5. The number of nitrogens with zero attached hydrogens (tertiary/aromatic N) is 4. The van der Waals surface area contributed by atoms with Crippen LogP contribution in [0.15, 0.2) is 54.6 Å². The van der Waals surface area contributed by atoms with Gasteiger partial charge in [-0.1, -0.05) is 36.8 Å². The van der Waals surface area contributed by atoms with Gasteiger partial charge in [-0.15, -0.1) is 0 Å². The lowest BCUT2D eigenvalue weighted by molar-refractivity contribution is -0.137. The highest BCUT2D eigenvalue weighted by atomic mass is 19.4. The van der Waals surface area contributed by atoms with Crippen molar-refractivity contribution in [2.45, 2.75) is 51.6 Å². The summed E-state index contributed by atoms with van der Waals surface area (Å²) in [6, 6.07) is 14.2. The van der Waals surface area contributed by atoms with E-state index >= 15 is 0 Å². The van der Waals surface area contributed by atoms with Gasteiger partial charge in [-0.3, -0.25) is 0 Å². The van der Waals surface area contributed by atoms with E-state index in [1.165, 1.54) is 19.2 Å². The number of hydrogen-bond donors (Lipinski definition) is 1. The van der Waals surface area contributed by atoms with E-state index in [1.807, 2.05) is 34.9 Å². The van der Waals surface area contributed by atoms with Crippen molar-refractivity contribution in [2.24, 2.45) is 5.92 Å². The number of methoxy groups -OCH3 is 1. The van der Waals surface area contributed by atoms with Crippen molar-refractivity contribution in [1.82, 2.24) is 19.5 Å². The molecule has 0 saturated heterocycles. The highest BCUT2D eigenvalue weighted by Crippen LogP contribution is 2.33. The van der Waals surface area contributed by atoms with Crippen LogP contribution in [0.25, 0.3) is 11.2 Å². The average Bonchev–Trinajstić information content (AvgIpc) is 3.23. The predicted octanol–water partition coefficient (Wildman–Crippen LogP) is 5.86. The first kappa shape index (κ1) is 26.5. The Hall–Kier alpha value is -4.15. The van der Waals surface area contributed by atoms with Gasteiger partial charge in [0.05, 0.1) is 12.7 Å². The number of alkyl halides is 3. The Kier molecular flexibility index (Phi) is 7.40. The Morgan fingerprint density at radius 2 is 1.79 bits per heavy atom. The second kappa shape index (κ2) is 10.9. The molecule has 2 heterocycles. The molecular formula is C28H28F3N5O3. The van der Waals surface area contributed by atoms with Crippen LogP contribution in [0.4, 0.5) is 19.0 Å². The average molecular weight is 540 g/mol. The summed E-state index contributed by atoms with van der Waals surface area (Å²) >= 11 is 0. The molecule has 5 rings (SSSR count). The third kappa shape index (κ3) is 5.81. The number of halogens is 3. The number of nitrogens with one attached hydrogen (secondary N) is 1. The first-order chi connectivity index (χ1) is 18.7. The summed E-state index contributed by atoms with van der Waals surface area (Å²) in [5, 5.41) is 3.44. The number of hydrogen-bond acceptors (Lipinski definition) is 7. The van der Waals surface area contributed by atoms with E-state index in [4.69, 9.17) is 9.47 Å². The molecule has 2 aromatic heterocycles. The zero-order chi connectivity index (χ0) is 27.6. The van der Waals surface area contributed by atoms with Crippen LogP contribution in [-0.4, -0.2) is 38.6 Å². The Bertz CT molecular complexity index is 1450. The van der Waals surface area contributed by atoms with Gasteiger partial charge < -0.3 is 19.4 Å². The molecule has 8 nitrogen and oxygen atoms in total. The molecule has 0 aliphatic heterocycles. The van der Waals surface area contributed by atoms with Crippen LogP contribution in [-0.2, 0) is 24.1 Å². The first-order valence-electron chi connectivity index (χ1n) is 12.7. The molecule has 1 saturated carbocycles. The van der Waals surface area contributed by atoms with E-state index in [2.05, 4.69) is 27.2 Å². The molecule has 39 heavy (non-hydrogen) atoms. The van der Waals surface area contributed by atoms with E-state index in [-0.39, 0.29) is 30.7 Å². The molecule has 4 aromatic rings. The number of imidazole rings is 1. The Morgan fingerprint density at radius 3 is 2.41 bits per heavy atom. The van der Waals surface area contributed by atoms with Crippen LogP contribution in [0, 0.1) is 5.92 Å². The number of carbonyl (C=O) groups excluding carboxylic acids is 1. The van der Waals surface area contributed by atoms with Crippen molar-refractivity contribution in [3.63, 3.8) is 0 Å². The number of fused-ring (bicyclic) bond motifs is 1. The molecule has 0 amide bonds. The van der Waals surface area contributed by atoms with Crippen molar-refractivity contribution in [3.8, 4) is 5.75 Å². The number of aromatic nitrogens is 4. The number of anilines is 1. The maximum atomic E-state index is 13.1. The number of esters is 1. The molecular weight excluding hydrogens is 511 g/mol. The molecule has 1 fully saturated rings. The van der Waals surface area contributed by atoms with E-state index in [0.29, 0.717) is 34.4 Å². The van der Waals surface area contributed by atoms with E-state index in [1.54, 1.807) is 0 Å². The molecule has 204 valence electrons. The molecule has 1 atom stereocenters. The standard InChI is InChI=1S/C28H28F3N5O3/c1-17(19-7-6-8-19)32-24-23-25(35-26(34-24)27(37)38-2)33-22(16-39-21-9-4-3-5-10-21)36(23)15-18-11-13-20(14-12-18)28(29,30)31/h3-5,9-14,17,19H,6-8,15-16H2,1-2H3,(H,32,34,35)/t17-/m1/s1. The number of para-hydroxylation sites is 1. The highest BCUT2D eigenvalue weighted by Gasteiger charge is 2.30. The predicted molar refractivity (Wildman–Crippen MR) is 138 cm³/mol. The van der Waals surface area contributed by atoms with Crippen molar-refractivity contribution in [2.75, 3.05) is 12.4 Å². The zero-order valence-corrected chi connectivity index (χ0v) is 21.5. The van der Waals surface area contributed by atoms with Crippen molar-refractivity contribution < 1.29 is 27.4 Å². The van der Waals surface area contributed by atoms with Crippen LogP contribution in [0.3, 0.4) is 0 Å². The minimum atomic E-state index is -4.43. The quantitative estimate of drug-likeness (QED) is 0.267. The molecule has 1 N–H and O–H groups in total. The largest absolute Gasteiger partial charge is 0.486 e. The fourth-order valence-corrected chi connectivity index (χ4v) is 4.56. The van der Waals surface area contributed by atoms with Gasteiger partial charge in [0.2, 0.25) is 5.82 Å². The minimum absolute atomic E-state index is 0.0617. The van der Waals surface area contributed by atoms with Gasteiger partial charge in [0.15, 0.2) is 11.5 Å². The van der Waals surface area contributed by atoms with Gasteiger partial charge in [0, 0.05) is 12.6 Å². The van der Waals surface area contributed by atoms with Crippen LogP contribution < -0.4 is 10.1 Å². The lowest BCUT2D eigenvalue weighted by atomic mass is 9.80. The van der Waals surface area contributed by atoms with Gasteiger partial charge in [-0.2, -0.15) is 13.2 Å². The monoisotopic (exact) mass is 539 g/mol. The van der Waals surface area contributed by atoms with Crippen molar-refractivity contribution >= 4 is 23.0 Å². The molecule has 1 aliphatic carbocycles. The van der Waals surface area contributed by atoms with Crippen molar-refractivity contribution in [3.05, 3.63) is 77.4 Å². The van der Waals surface area contributed by atoms with E-state index in [9.17, 15) is 18.0 Å². The summed E-state index contributed by atoms with van der Waals surface area (Å²) in [7, 11) is 1.25. The number of benzene rings is 2. The van der Waals surface area contributed by atoms with Crippen LogP contribution in [0.1, 0.15) is 53.8 Å². The number of carbonyl (C=O) groups is 1. The topological polar surface area (TPSA) is 91.2 Å². The van der Waals surface area contributed by atoms with Crippen LogP contribution in [0.5, 0.6) is 5.75 Å². The molecule has 0 radical (unpaired) electrons. The molecule has 0 spiro atoms. The van der Waals surface area contributed by atoms with Gasteiger partial charge in [0.25, 0.3) is 0 Å². The Morgan fingerprint density at radius 1 is 1.08 bits per heavy atom. The third-order valence-corrected chi connectivity index (χ3v) is 7.00. The van der Waals surface area contributed by atoms with E-state index in [0.717, 1.165) is 31.4 Å². The lowest BCUT2D eigenvalue weighted by Crippen LogP contribution is -2.31. The van der Waals surface area contributed by atoms with Crippen LogP contribution in [0.2, 0.25) is 0 Å². The van der Waals surface area contributed by atoms with E-state index < -0.39 is 17.7 Å². The SMILES string of the molecule is COC(=O)c1nc(N[C@H](C)C2CCC2)c2c(n1)nc(COc1ccccc1)n2Cc1ccc(C(F)(F)F)cc1. The summed E-state index contributed by atoms with van der Waals surface area (Å²) in [5.41, 5.74) is 0.683. The summed E-state index contributed by atoms with van der Waals surface area (Å²) in [6.07, 6.45) is -1.08. The molecule has 1 aliphatic rings. The second-order valence-corrected chi connectivity index (χ2v) is 9.59. The Balaban J connectivity index is 1.59. The molecule has 2 aromatic carbocycles. The summed E-state index contributed by atoms with van der Waals surface area (Å²) in [4.78, 5) is 25.9. The van der Waals surface area contributed by atoms with Gasteiger partial charge in [-0.05, 0) is 55.5 Å². The van der Waals surface area contributed by atoms with Crippen LogP contribution >= 0.6 is 0 Å². The number of rotatable bonds is 9. The Labute approximate surface area is 223 Å². The third-order valence-electron chi connectivity index (χ3n) is 7.00. The fourth-order valence-electron chi connectivity index (χ4n) is 4.56. The summed E-state index contributed by atoms with van der Waals surface area (Å²) in [6.45, 7) is 2.31. The molecule has 0 bridgehead atoms. The van der Waals surface area contributed by atoms with Gasteiger partial charge >= 0.3 is 12.1 Å². The maximum Gasteiger partial charge on any atom is 0.416 e. The first-order valence-corrected chi connectivity index (χ1v) is 12.7. The normalized spacial score (nSPS) is 14.6. The maximum absolute atomic E-state index is 13.1. The number of ether oxygens (including phenoxy) is 2. The molecule has 0 unspecified atom stereocenters. The minimum Gasteiger partial charge on any atom is -0.486 e. The lowest BCUT2D eigenvalue weighted by Gasteiger charge is -2.32.